The molecule has 0 rings (SSSR count). The molecule has 0 aromatic carbocycles. The number of hydrogen-bond donors (Lipinski definition) is 2. The van der Waals surface area contributed by atoms with Crippen molar-refractivity contribution in [3.8, 4) is 0 Å². The topological polar surface area (TPSA) is 155 Å². The van der Waals surface area contributed by atoms with Crippen molar-refractivity contribution in [3.63, 3.8) is 0 Å². The van der Waals surface area contributed by atoms with Gasteiger partial charge in [-0.2, -0.15) is 0 Å². The molecule has 0 spiro atoms. The van der Waals surface area contributed by atoms with Crippen LogP contribution in [-0.4, -0.2) is 66.5 Å². The van der Waals surface area contributed by atoms with E-state index in [2.05, 4.69) is 106 Å². The zero-order valence-corrected chi connectivity index (χ0v) is 45.1. The highest BCUT2D eigenvalue weighted by Crippen LogP contribution is 2.43. The lowest BCUT2D eigenvalue weighted by Gasteiger charge is -2.21. The zero-order valence-electron chi connectivity index (χ0n) is 44.2. The van der Waals surface area contributed by atoms with E-state index in [9.17, 15) is 28.9 Å². The second kappa shape index (κ2) is 52.0. The molecule has 0 aliphatic heterocycles. The monoisotopic (exact) mass is 1000 g/mol. The molecule has 3 atom stereocenters. The van der Waals surface area contributed by atoms with Crippen molar-refractivity contribution >= 4 is 25.7 Å². The van der Waals surface area contributed by atoms with Crippen molar-refractivity contribution in [1.29, 1.82) is 0 Å². The third kappa shape index (κ3) is 49.6. The van der Waals surface area contributed by atoms with Gasteiger partial charge in [0.25, 0.3) is 0 Å². The average molecular weight is 1000 g/mol. The second-order valence-electron chi connectivity index (χ2n) is 18.0. The molecule has 12 heteroatoms. The number of rotatable bonds is 50. The number of ether oxygens (including phenoxy) is 3. The summed E-state index contributed by atoms with van der Waals surface area (Å²) in [6.07, 6.45) is 58.4. The van der Waals surface area contributed by atoms with Crippen molar-refractivity contribution in [2.24, 2.45) is 0 Å². The molecule has 2 N–H and O–H groups in total. The number of phosphoric ester groups is 1. The number of allylic oxidation sites excluding steroid dienone is 14. The van der Waals surface area contributed by atoms with Gasteiger partial charge >= 0.3 is 25.7 Å². The fourth-order valence-electron chi connectivity index (χ4n) is 7.18. The number of carbonyl (C=O) groups is 3. The molecule has 0 aromatic rings. The van der Waals surface area contributed by atoms with Gasteiger partial charge in [-0.3, -0.25) is 23.4 Å². The van der Waals surface area contributed by atoms with E-state index in [0.717, 1.165) is 122 Å². The summed E-state index contributed by atoms with van der Waals surface area (Å²) in [6, 6.07) is 0. The van der Waals surface area contributed by atoms with Crippen LogP contribution in [-0.2, 0) is 42.2 Å². The Morgan fingerprint density at radius 1 is 0.414 bits per heavy atom. The highest BCUT2D eigenvalue weighted by molar-refractivity contribution is 7.47. The van der Waals surface area contributed by atoms with Gasteiger partial charge < -0.3 is 24.2 Å². The van der Waals surface area contributed by atoms with Gasteiger partial charge in [-0.05, 0) is 89.9 Å². The Kier molecular flexibility index (Phi) is 49.5. The first-order chi connectivity index (χ1) is 34.2. The lowest BCUT2D eigenvalue weighted by molar-refractivity contribution is -0.161. The Bertz CT molecular complexity index is 1500. The predicted molar refractivity (Wildman–Crippen MR) is 288 cm³/mol. The molecule has 0 amide bonds. The van der Waals surface area contributed by atoms with Crippen LogP contribution in [0.1, 0.15) is 226 Å². The number of phosphoric acid groups is 1. The summed E-state index contributed by atoms with van der Waals surface area (Å²) in [5.74, 6) is -1.52. The lowest BCUT2D eigenvalue weighted by atomic mass is 10.1. The van der Waals surface area contributed by atoms with Crippen molar-refractivity contribution < 1.29 is 52.2 Å². The van der Waals surface area contributed by atoms with E-state index in [4.69, 9.17) is 23.3 Å². The standard InChI is InChI=1S/C58H99O11P/c1-4-7-10-13-16-19-22-24-25-26-27-28-29-31-33-35-38-41-44-47-56(60)65-51-55(69-58(62)49-46-43-40-37-34-30-23-20-17-14-11-8-5-2)53-67-70(63,64)66-52-54(50-59)68-57(61)48-45-42-39-36-32-21-18-15-12-9-6-3/h7-8,10-11,16-17,19-20,24-25,27-28,30,34,54-55,59H,4-6,9,12-15,18,21-23,26,29,31-33,35-53H2,1-3H3,(H,63,64)/b10-7-,11-8-,19-16-,20-17-,25-24-,28-27-,34-30-. The lowest BCUT2D eigenvalue weighted by Crippen LogP contribution is -2.30. The van der Waals surface area contributed by atoms with Crippen LogP contribution in [0, 0.1) is 0 Å². The van der Waals surface area contributed by atoms with Gasteiger partial charge in [0, 0.05) is 19.3 Å². The maximum absolute atomic E-state index is 12.9. The second-order valence-corrected chi connectivity index (χ2v) is 19.4. The van der Waals surface area contributed by atoms with E-state index in [1.54, 1.807) is 0 Å². The number of aliphatic hydroxyl groups excluding tert-OH is 1. The van der Waals surface area contributed by atoms with Gasteiger partial charge in [0.05, 0.1) is 19.8 Å². The highest BCUT2D eigenvalue weighted by Gasteiger charge is 2.28. The molecule has 70 heavy (non-hydrogen) atoms. The summed E-state index contributed by atoms with van der Waals surface area (Å²) in [4.78, 5) is 48.4. The summed E-state index contributed by atoms with van der Waals surface area (Å²) < 4.78 is 39.4. The van der Waals surface area contributed by atoms with E-state index in [-0.39, 0.29) is 25.9 Å². The predicted octanol–water partition coefficient (Wildman–Crippen LogP) is 15.9. The maximum atomic E-state index is 12.9. The minimum atomic E-state index is -4.75. The first-order valence-electron chi connectivity index (χ1n) is 27.5. The van der Waals surface area contributed by atoms with Crippen LogP contribution in [0.25, 0.3) is 0 Å². The number of esters is 3. The largest absolute Gasteiger partial charge is 0.472 e. The van der Waals surface area contributed by atoms with Gasteiger partial charge in [0.1, 0.15) is 12.7 Å². The normalized spacial score (nSPS) is 14.1. The molecule has 0 radical (unpaired) electrons. The maximum Gasteiger partial charge on any atom is 0.472 e. The summed E-state index contributed by atoms with van der Waals surface area (Å²) >= 11 is 0. The van der Waals surface area contributed by atoms with E-state index < -0.39 is 57.8 Å². The summed E-state index contributed by atoms with van der Waals surface area (Å²) in [5, 5.41) is 9.78. The third-order valence-electron chi connectivity index (χ3n) is 11.3. The van der Waals surface area contributed by atoms with E-state index in [1.165, 1.54) is 44.9 Å². The Morgan fingerprint density at radius 2 is 0.743 bits per heavy atom. The van der Waals surface area contributed by atoms with Crippen LogP contribution < -0.4 is 0 Å². The molecule has 11 nitrogen and oxygen atoms in total. The SMILES string of the molecule is CC/C=C\C/C=C\C/C=C\C/C=C\CCCCCCCCC(=O)OCC(COP(=O)(O)OCC(CO)OC(=O)CCCCCCCCCCCCC)OC(=O)CCCCC/C=C\C/C=C\C/C=C\CC. The molecule has 3 unspecified atom stereocenters. The quantitative estimate of drug-likeness (QED) is 0.0197. The van der Waals surface area contributed by atoms with Crippen molar-refractivity contribution in [3.05, 3.63) is 85.1 Å². The van der Waals surface area contributed by atoms with Crippen LogP contribution in [0.3, 0.4) is 0 Å². The fraction of sp³-hybridized carbons (Fsp3) is 0.707. The third-order valence-corrected chi connectivity index (χ3v) is 12.3. The molecular formula is C58H99O11P. The van der Waals surface area contributed by atoms with Gasteiger partial charge in [-0.1, -0.05) is 202 Å². The molecule has 0 aliphatic rings. The molecule has 0 bridgehead atoms. The molecule has 0 saturated carbocycles. The Labute approximate surface area is 426 Å². The first kappa shape index (κ1) is 66.7. The molecule has 0 fully saturated rings. The van der Waals surface area contributed by atoms with E-state index in [1.807, 2.05) is 0 Å². The molecule has 0 saturated heterocycles. The van der Waals surface area contributed by atoms with E-state index in [0.29, 0.717) is 19.3 Å². The summed E-state index contributed by atoms with van der Waals surface area (Å²) in [7, 11) is -4.75. The van der Waals surface area contributed by atoms with Crippen LogP contribution >= 0.6 is 7.82 Å². The number of carbonyl (C=O) groups excluding carboxylic acids is 3. The van der Waals surface area contributed by atoms with E-state index >= 15 is 0 Å². The van der Waals surface area contributed by atoms with Crippen molar-refractivity contribution in [2.75, 3.05) is 26.4 Å². The average Bonchev–Trinajstić information content (AvgIpc) is 3.35. The minimum Gasteiger partial charge on any atom is -0.462 e. The summed E-state index contributed by atoms with van der Waals surface area (Å²) in [6.45, 7) is 4.35. The highest BCUT2D eigenvalue weighted by atomic mass is 31.2. The van der Waals surface area contributed by atoms with Gasteiger partial charge in [0.15, 0.2) is 6.10 Å². The Hall–Kier alpha value is -3.34. The van der Waals surface area contributed by atoms with Gasteiger partial charge in [0.2, 0.25) is 0 Å². The van der Waals surface area contributed by atoms with Crippen LogP contribution in [0.4, 0.5) is 0 Å². The number of hydrogen-bond acceptors (Lipinski definition) is 10. The molecule has 402 valence electrons. The van der Waals surface area contributed by atoms with Crippen molar-refractivity contribution in [1.82, 2.24) is 0 Å². The smallest absolute Gasteiger partial charge is 0.462 e. The minimum absolute atomic E-state index is 0.127. The fourth-order valence-corrected chi connectivity index (χ4v) is 7.97. The van der Waals surface area contributed by atoms with Crippen molar-refractivity contribution in [2.45, 2.75) is 238 Å². The Morgan fingerprint density at radius 3 is 1.16 bits per heavy atom. The first-order valence-corrected chi connectivity index (χ1v) is 29.0. The van der Waals surface area contributed by atoms with Crippen LogP contribution in [0.15, 0.2) is 85.1 Å². The Balaban J connectivity index is 4.77. The number of aliphatic hydroxyl groups is 1. The summed E-state index contributed by atoms with van der Waals surface area (Å²) in [5.41, 5.74) is 0. The van der Waals surface area contributed by atoms with Gasteiger partial charge in [-0.25, -0.2) is 4.57 Å². The molecular weight excluding hydrogens is 904 g/mol. The zero-order chi connectivity index (χ0) is 51.3. The molecule has 0 heterocycles. The molecule has 0 aromatic heterocycles. The molecule has 0 aliphatic carbocycles. The van der Waals surface area contributed by atoms with Crippen LogP contribution in [0.2, 0.25) is 0 Å². The van der Waals surface area contributed by atoms with Crippen LogP contribution in [0.5, 0.6) is 0 Å². The number of unbranched alkanes of at least 4 members (excludes halogenated alkanes) is 19. The van der Waals surface area contributed by atoms with Gasteiger partial charge in [-0.15, -0.1) is 0 Å².